The second-order valence-electron chi connectivity index (χ2n) is 2.87. The molecule has 0 rings (SSSR count). The quantitative estimate of drug-likeness (QED) is 0.621. The molecule has 0 radical (unpaired) electrons. The van der Waals surface area contributed by atoms with E-state index in [0.29, 0.717) is 19.5 Å². The van der Waals surface area contributed by atoms with Gasteiger partial charge in [0.25, 0.3) is 0 Å². The number of hydrogen-bond acceptors (Lipinski definition) is 3. The molecule has 0 bridgehead atoms. The van der Waals surface area contributed by atoms with Crippen molar-refractivity contribution in [2.45, 2.75) is 26.2 Å². The van der Waals surface area contributed by atoms with Crippen LogP contribution in [0.4, 0.5) is 4.79 Å². The normalized spacial score (nSPS) is 9.29. The molecule has 0 saturated carbocycles. The van der Waals surface area contributed by atoms with Gasteiger partial charge in [-0.1, -0.05) is 13.3 Å². The Kier molecular flexibility index (Phi) is 7.59. The summed E-state index contributed by atoms with van der Waals surface area (Å²) < 4.78 is 4.36. The Labute approximate surface area is 84.2 Å². The lowest BCUT2D eigenvalue weighted by Gasteiger charge is -2.05. The maximum atomic E-state index is 11.1. The molecule has 0 aromatic rings. The van der Waals surface area contributed by atoms with Crippen LogP contribution >= 0.6 is 0 Å². The van der Waals surface area contributed by atoms with Crippen LogP contribution in [0.1, 0.15) is 26.2 Å². The molecule has 14 heavy (non-hydrogen) atoms. The van der Waals surface area contributed by atoms with Crippen molar-refractivity contribution < 1.29 is 14.3 Å². The Morgan fingerprint density at radius 3 is 2.43 bits per heavy atom. The third-order valence-electron chi connectivity index (χ3n) is 1.66. The summed E-state index contributed by atoms with van der Waals surface area (Å²) in [6, 6.07) is 0. The molecular formula is C9H18N2O3. The van der Waals surface area contributed by atoms with E-state index < -0.39 is 6.09 Å². The number of alkyl carbamates (subject to hydrolysis) is 1. The summed E-state index contributed by atoms with van der Waals surface area (Å²) in [5.41, 5.74) is 0. The molecule has 0 aromatic heterocycles. The van der Waals surface area contributed by atoms with Gasteiger partial charge in [0.15, 0.2) is 0 Å². The molecule has 5 heteroatoms. The highest BCUT2D eigenvalue weighted by molar-refractivity contribution is 5.75. The number of nitrogens with one attached hydrogen (secondary N) is 2. The predicted octanol–water partition coefficient (Wildman–Crippen LogP) is 0.649. The summed E-state index contributed by atoms with van der Waals surface area (Å²) in [5, 5.41) is 5.16. The SMILES string of the molecule is CCCCC(=O)NCCNC(=O)OC. The number of ether oxygens (including phenoxy) is 1. The largest absolute Gasteiger partial charge is 0.453 e. The zero-order valence-electron chi connectivity index (χ0n) is 8.76. The van der Waals surface area contributed by atoms with Crippen molar-refractivity contribution in [1.82, 2.24) is 10.6 Å². The van der Waals surface area contributed by atoms with E-state index in [2.05, 4.69) is 15.4 Å². The molecule has 0 fully saturated rings. The topological polar surface area (TPSA) is 67.4 Å². The van der Waals surface area contributed by atoms with Crippen LogP contribution in [0.5, 0.6) is 0 Å². The van der Waals surface area contributed by atoms with Crippen LogP contribution in [0.25, 0.3) is 0 Å². The van der Waals surface area contributed by atoms with Crippen molar-refractivity contribution >= 4 is 12.0 Å². The van der Waals surface area contributed by atoms with E-state index in [-0.39, 0.29) is 5.91 Å². The molecule has 0 unspecified atom stereocenters. The highest BCUT2D eigenvalue weighted by Gasteiger charge is 2.00. The first kappa shape index (κ1) is 12.7. The highest BCUT2D eigenvalue weighted by Crippen LogP contribution is 1.92. The Morgan fingerprint density at radius 2 is 1.86 bits per heavy atom. The van der Waals surface area contributed by atoms with Gasteiger partial charge >= 0.3 is 6.09 Å². The summed E-state index contributed by atoms with van der Waals surface area (Å²) in [7, 11) is 1.30. The number of carbonyl (C=O) groups excluding carboxylic acids is 2. The standard InChI is InChI=1S/C9H18N2O3/c1-3-4-5-8(12)10-6-7-11-9(13)14-2/h3-7H2,1-2H3,(H,10,12)(H,11,13). The Balaban J connectivity index is 3.27. The molecule has 0 spiro atoms. The monoisotopic (exact) mass is 202 g/mol. The molecular weight excluding hydrogens is 184 g/mol. The number of rotatable bonds is 6. The third kappa shape index (κ3) is 7.39. The average molecular weight is 202 g/mol. The van der Waals surface area contributed by atoms with Crippen LogP contribution in [0.2, 0.25) is 0 Å². The number of methoxy groups -OCH3 is 1. The van der Waals surface area contributed by atoms with Crippen molar-refractivity contribution in [3.05, 3.63) is 0 Å². The van der Waals surface area contributed by atoms with E-state index in [0.717, 1.165) is 12.8 Å². The summed E-state index contributed by atoms with van der Waals surface area (Å²) in [5.74, 6) is 0.0264. The van der Waals surface area contributed by atoms with Crippen LogP contribution in [0, 0.1) is 0 Å². The van der Waals surface area contributed by atoms with Gasteiger partial charge in [-0.25, -0.2) is 4.79 Å². The second kappa shape index (κ2) is 8.34. The molecule has 82 valence electrons. The Hall–Kier alpha value is -1.26. The maximum absolute atomic E-state index is 11.1. The van der Waals surface area contributed by atoms with Gasteiger partial charge in [-0.3, -0.25) is 4.79 Å². The Bertz CT molecular complexity index is 183. The van der Waals surface area contributed by atoms with Gasteiger partial charge in [0, 0.05) is 19.5 Å². The molecule has 2 amide bonds. The molecule has 0 aliphatic heterocycles. The van der Waals surface area contributed by atoms with Gasteiger partial charge in [-0.2, -0.15) is 0 Å². The summed E-state index contributed by atoms with van der Waals surface area (Å²) in [6.07, 6.45) is 1.98. The fraction of sp³-hybridized carbons (Fsp3) is 0.778. The highest BCUT2D eigenvalue weighted by atomic mass is 16.5. The van der Waals surface area contributed by atoms with Gasteiger partial charge < -0.3 is 15.4 Å². The van der Waals surface area contributed by atoms with Crippen molar-refractivity contribution in [1.29, 1.82) is 0 Å². The van der Waals surface area contributed by atoms with Crippen LogP contribution < -0.4 is 10.6 Å². The molecule has 2 N–H and O–H groups in total. The minimum atomic E-state index is -0.479. The first-order chi connectivity index (χ1) is 6.70. The van der Waals surface area contributed by atoms with Gasteiger partial charge in [-0.05, 0) is 6.42 Å². The molecule has 0 saturated heterocycles. The van der Waals surface area contributed by atoms with Gasteiger partial charge in [0.05, 0.1) is 7.11 Å². The summed E-state index contributed by atoms with van der Waals surface area (Å²) in [6.45, 7) is 2.87. The fourth-order valence-corrected chi connectivity index (χ4v) is 0.864. The van der Waals surface area contributed by atoms with Crippen LogP contribution in [-0.2, 0) is 9.53 Å². The van der Waals surface area contributed by atoms with Crippen molar-refractivity contribution in [3.8, 4) is 0 Å². The van der Waals surface area contributed by atoms with Gasteiger partial charge in [0.1, 0.15) is 0 Å². The number of unbranched alkanes of at least 4 members (excludes halogenated alkanes) is 1. The first-order valence-corrected chi connectivity index (χ1v) is 4.79. The fourth-order valence-electron chi connectivity index (χ4n) is 0.864. The molecule has 0 heterocycles. The molecule has 0 atom stereocenters. The van der Waals surface area contributed by atoms with E-state index in [9.17, 15) is 9.59 Å². The zero-order chi connectivity index (χ0) is 10.8. The smallest absolute Gasteiger partial charge is 0.406 e. The Morgan fingerprint density at radius 1 is 1.21 bits per heavy atom. The number of amides is 2. The van der Waals surface area contributed by atoms with Gasteiger partial charge in [0.2, 0.25) is 5.91 Å². The first-order valence-electron chi connectivity index (χ1n) is 4.79. The lowest BCUT2D eigenvalue weighted by molar-refractivity contribution is -0.121. The van der Waals surface area contributed by atoms with Crippen molar-refractivity contribution in [2.75, 3.05) is 20.2 Å². The van der Waals surface area contributed by atoms with Crippen LogP contribution in [0.15, 0.2) is 0 Å². The molecule has 0 aliphatic rings. The zero-order valence-corrected chi connectivity index (χ0v) is 8.76. The predicted molar refractivity (Wildman–Crippen MR) is 52.9 cm³/mol. The van der Waals surface area contributed by atoms with E-state index in [1.54, 1.807) is 0 Å². The molecule has 0 aromatic carbocycles. The van der Waals surface area contributed by atoms with Crippen LogP contribution in [0.3, 0.4) is 0 Å². The van der Waals surface area contributed by atoms with Crippen molar-refractivity contribution in [2.24, 2.45) is 0 Å². The molecule has 0 aliphatic carbocycles. The maximum Gasteiger partial charge on any atom is 0.406 e. The number of carbonyl (C=O) groups is 2. The van der Waals surface area contributed by atoms with E-state index in [1.807, 2.05) is 6.92 Å². The summed E-state index contributed by atoms with van der Waals surface area (Å²) in [4.78, 5) is 21.6. The summed E-state index contributed by atoms with van der Waals surface area (Å²) >= 11 is 0. The lowest BCUT2D eigenvalue weighted by atomic mass is 10.2. The minimum Gasteiger partial charge on any atom is -0.453 e. The van der Waals surface area contributed by atoms with E-state index in [4.69, 9.17) is 0 Å². The second-order valence-corrected chi connectivity index (χ2v) is 2.87. The minimum absolute atomic E-state index is 0.0264. The van der Waals surface area contributed by atoms with Gasteiger partial charge in [-0.15, -0.1) is 0 Å². The lowest BCUT2D eigenvalue weighted by Crippen LogP contribution is -2.34. The van der Waals surface area contributed by atoms with E-state index >= 15 is 0 Å². The average Bonchev–Trinajstić information content (AvgIpc) is 2.21. The number of hydrogen-bond donors (Lipinski definition) is 2. The molecule has 5 nitrogen and oxygen atoms in total. The van der Waals surface area contributed by atoms with E-state index in [1.165, 1.54) is 7.11 Å². The third-order valence-corrected chi connectivity index (χ3v) is 1.66. The van der Waals surface area contributed by atoms with Crippen LogP contribution in [-0.4, -0.2) is 32.2 Å². The van der Waals surface area contributed by atoms with Crippen molar-refractivity contribution in [3.63, 3.8) is 0 Å².